The van der Waals surface area contributed by atoms with E-state index in [0.717, 1.165) is 11.6 Å². The molecule has 4 rings (SSSR count). The van der Waals surface area contributed by atoms with E-state index in [1.165, 1.54) is 31.3 Å². The lowest BCUT2D eigenvalue weighted by atomic mass is 10.0. The van der Waals surface area contributed by atoms with Gasteiger partial charge in [0.05, 0.1) is 4.53 Å². The topological polar surface area (TPSA) is 24.9 Å². The number of halogens is 1. The van der Waals surface area contributed by atoms with Crippen LogP contribution in [0.5, 0.6) is 0 Å². The number of hydrogen-bond donors (Lipinski definition) is 1. The number of nitrogens with one attached hydrogen (secondary N) is 1. The lowest BCUT2D eigenvalue weighted by molar-refractivity contribution is 1.03. The fourth-order valence-electron chi connectivity index (χ4n) is 2.66. The summed E-state index contributed by atoms with van der Waals surface area (Å²) in [5.74, 6) is 0. The quantitative estimate of drug-likeness (QED) is 0.784. The van der Waals surface area contributed by atoms with E-state index in [1.807, 2.05) is 36.7 Å². The molecule has 2 nitrogen and oxygen atoms in total. The molecule has 0 spiro atoms. The Hall–Kier alpha value is -2.10. The third kappa shape index (κ3) is 2.43. The van der Waals surface area contributed by atoms with Crippen LogP contribution in [0, 0.1) is 0 Å². The summed E-state index contributed by atoms with van der Waals surface area (Å²) in [6, 6.07) is 14.4. The van der Waals surface area contributed by atoms with Crippen molar-refractivity contribution in [2.24, 2.45) is 0 Å². The number of aromatic nitrogens is 1. The van der Waals surface area contributed by atoms with Gasteiger partial charge >= 0.3 is 0 Å². The zero-order valence-electron chi connectivity index (χ0n) is 11.7. The highest BCUT2D eigenvalue weighted by atomic mass is 35.5. The summed E-state index contributed by atoms with van der Waals surface area (Å²) in [6.45, 7) is 0.834. The van der Waals surface area contributed by atoms with Crippen molar-refractivity contribution >= 4 is 34.7 Å². The molecule has 4 heteroatoms. The van der Waals surface area contributed by atoms with Gasteiger partial charge in [-0.05, 0) is 47.0 Å². The fourth-order valence-corrected chi connectivity index (χ4v) is 3.88. The van der Waals surface area contributed by atoms with Gasteiger partial charge in [0.2, 0.25) is 0 Å². The maximum absolute atomic E-state index is 6.00. The summed E-state index contributed by atoms with van der Waals surface area (Å²) < 4.78 is 1.27. The predicted octanol–water partition coefficient (Wildman–Crippen LogP) is 3.00. The van der Waals surface area contributed by atoms with E-state index in [-0.39, 0.29) is 0 Å². The third-order valence-corrected chi connectivity index (χ3v) is 5.14. The van der Waals surface area contributed by atoms with E-state index in [2.05, 4.69) is 34.7 Å². The number of nitrogens with zero attached hydrogens (tertiary/aromatic N) is 1. The molecule has 2 aromatic heterocycles. The minimum atomic E-state index is 0.766. The zero-order valence-corrected chi connectivity index (χ0v) is 13.3. The summed E-state index contributed by atoms with van der Waals surface area (Å²) in [6.07, 6.45) is 5.77. The molecule has 0 atom stereocenters. The third-order valence-electron chi connectivity index (χ3n) is 3.76. The molecule has 3 aromatic rings. The molecule has 0 amide bonds. The summed E-state index contributed by atoms with van der Waals surface area (Å²) in [5, 5.41) is 5.44. The first kappa shape index (κ1) is 13.6. The smallest absolute Gasteiger partial charge is 0.0509 e. The molecule has 108 valence electrons. The number of thiophene rings is 1. The van der Waals surface area contributed by atoms with Gasteiger partial charge in [-0.2, -0.15) is 0 Å². The Morgan fingerprint density at radius 3 is 2.55 bits per heavy atom. The standard InChI is InChI=1S/C18H13ClN2S/c19-14-3-1-12(2-4-14)16-10-21-11-18-15(16)9-17(22-18)13-5-7-20-8-6-13/h1-9,11,21H,10H2. The van der Waals surface area contributed by atoms with Crippen LogP contribution < -0.4 is 15.1 Å². The van der Waals surface area contributed by atoms with Crippen molar-refractivity contribution in [2.45, 2.75) is 0 Å². The van der Waals surface area contributed by atoms with Crippen LogP contribution in [0.2, 0.25) is 5.02 Å². The van der Waals surface area contributed by atoms with Crippen molar-refractivity contribution in [3.8, 4) is 10.4 Å². The van der Waals surface area contributed by atoms with Crippen LogP contribution in [-0.4, -0.2) is 11.5 Å². The highest BCUT2D eigenvalue weighted by Crippen LogP contribution is 2.21. The Morgan fingerprint density at radius 2 is 1.77 bits per heavy atom. The molecule has 0 bridgehead atoms. The van der Waals surface area contributed by atoms with E-state index in [9.17, 15) is 0 Å². The van der Waals surface area contributed by atoms with Gasteiger partial charge in [-0.3, -0.25) is 4.98 Å². The maximum atomic E-state index is 6.00. The van der Waals surface area contributed by atoms with Crippen molar-refractivity contribution in [2.75, 3.05) is 6.54 Å². The number of benzene rings is 1. The highest BCUT2D eigenvalue weighted by molar-refractivity contribution is 7.13. The summed E-state index contributed by atoms with van der Waals surface area (Å²) >= 11 is 7.80. The molecule has 0 unspecified atom stereocenters. The SMILES string of the molecule is Clc1ccc(C2=c3cc(-c4ccncc4)sc3=CNC2)cc1. The van der Waals surface area contributed by atoms with E-state index in [1.54, 1.807) is 11.3 Å². The minimum Gasteiger partial charge on any atom is -0.386 e. The van der Waals surface area contributed by atoms with Crippen LogP contribution in [0.1, 0.15) is 5.56 Å². The second-order valence-corrected chi connectivity index (χ2v) is 6.66. The molecule has 0 aliphatic carbocycles. The Balaban J connectivity index is 1.92. The largest absolute Gasteiger partial charge is 0.386 e. The molecule has 1 aliphatic rings. The lowest BCUT2D eigenvalue weighted by Gasteiger charge is -2.11. The molecular formula is C18H13ClN2S. The van der Waals surface area contributed by atoms with Gasteiger partial charge in [0.1, 0.15) is 0 Å². The Bertz CT molecular complexity index is 927. The van der Waals surface area contributed by atoms with E-state index in [0.29, 0.717) is 0 Å². The van der Waals surface area contributed by atoms with Crippen LogP contribution in [0.3, 0.4) is 0 Å². The average Bonchev–Trinajstić information content (AvgIpc) is 3.01. The maximum Gasteiger partial charge on any atom is 0.0509 e. The van der Waals surface area contributed by atoms with E-state index in [4.69, 9.17) is 11.6 Å². The molecule has 0 fully saturated rings. The van der Waals surface area contributed by atoms with Crippen molar-refractivity contribution in [1.82, 2.24) is 10.3 Å². The molecule has 1 aliphatic heterocycles. The number of hydrogen-bond acceptors (Lipinski definition) is 3. The Morgan fingerprint density at radius 1 is 1.00 bits per heavy atom. The van der Waals surface area contributed by atoms with Crippen LogP contribution in [-0.2, 0) is 0 Å². The zero-order chi connectivity index (χ0) is 14.9. The van der Waals surface area contributed by atoms with Gasteiger partial charge in [0, 0.05) is 40.3 Å². The summed E-state index contributed by atoms with van der Waals surface area (Å²) in [7, 11) is 0. The van der Waals surface area contributed by atoms with Crippen LogP contribution in [0.15, 0.2) is 54.9 Å². The van der Waals surface area contributed by atoms with Crippen molar-refractivity contribution in [3.05, 3.63) is 75.2 Å². The second kappa shape index (κ2) is 5.59. The average molecular weight is 325 g/mol. The van der Waals surface area contributed by atoms with Crippen LogP contribution in [0.25, 0.3) is 22.2 Å². The van der Waals surface area contributed by atoms with Gasteiger partial charge in [0.25, 0.3) is 0 Å². The van der Waals surface area contributed by atoms with Gasteiger partial charge < -0.3 is 5.32 Å². The molecule has 0 saturated heterocycles. The molecule has 0 saturated carbocycles. The predicted molar refractivity (Wildman–Crippen MR) is 93.2 cm³/mol. The Kier molecular flexibility index (Phi) is 3.45. The number of rotatable bonds is 2. The van der Waals surface area contributed by atoms with E-state index >= 15 is 0 Å². The number of fused-ring (bicyclic) bond motifs is 1. The van der Waals surface area contributed by atoms with Crippen LogP contribution in [0.4, 0.5) is 0 Å². The molecule has 3 heterocycles. The van der Waals surface area contributed by atoms with Gasteiger partial charge in [0.15, 0.2) is 0 Å². The highest BCUT2D eigenvalue weighted by Gasteiger charge is 2.10. The molecule has 1 N–H and O–H groups in total. The van der Waals surface area contributed by atoms with Crippen molar-refractivity contribution < 1.29 is 0 Å². The van der Waals surface area contributed by atoms with Gasteiger partial charge in [-0.1, -0.05) is 23.7 Å². The lowest BCUT2D eigenvalue weighted by Crippen LogP contribution is -2.33. The first-order valence-corrected chi connectivity index (χ1v) is 8.24. The van der Waals surface area contributed by atoms with Crippen LogP contribution >= 0.6 is 22.9 Å². The summed E-state index contributed by atoms with van der Waals surface area (Å²) in [5.41, 5.74) is 3.73. The number of pyridine rings is 1. The molecule has 22 heavy (non-hydrogen) atoms. The van der Waals surface area contributed by atoms with Gasteiger partial charge in [-0.25, -0.2) is 0 Å². The monoisotopic (exact) mass is 324 g/mol. The van der Waals surface area contributed by atoms with Crippen molar-refractivity contribution in [3.63, 3.8) is 0 Å². The fraction of sp³-hybridized carbons (Fsp3) is 0.0556. The van der Waals surface area contributed by atoms with Crippen molar-refractivity contribution in [1.29, 1.82) is 0 Å². The molecule has 1 aromatic carbocycles. The second-order valence-electron chi connectivity index (χ2n) is 5.14. The van der Waals surface area contributed by atoms with E-state index < -0.39 is 0 Å². The normalized spacial score (nSPS) is 13.2. The Labute approximate surface area is 137 Å². The molecular weight excluding hydrogens is 312 g/mol. The first-order chi connectivity index (χ1) is 10.8. The molecule has 0 radical (unpaired) electrons. The summed E-state index contributed by atoms with van der Waals surface area (Å²) in [4.78, 5) is 5.35. The van der Waals surface area contributed by atoms with Gasteiger partial charge in [-0.15, -0.1) is 11.3 Å². The minimum absolute atomic E-state index is 0.766. The first-order valence-electron chi connectivity index (χ1n) is 7.04.